The highest BCUT2D eigenvalue weighted by atomic mass is 31.2. The normalized spacial score (nSPS) is 26.0. The van der Waals surface area contributed by atoms with Crippen LogP contribution in [-0.4, -0.2) is 58.3 Å². The van der Waals surface area contributed by atoms with Crippen LogP contribution in [0.25, 0.3) is 0 Å². The number of nitriles is 1. The van der Waals surface area contributed by atoms with Gasteiger partial charge in [-0.05, 0) is 6.92 Å². The highest BCUT2D eigenvalue weighted by molar-refractivity contribution is 7.60. The largest absolute Gasteiger partial charge is 0.361 e. The third-order valence-electron chi connectivity index (χ3n) is 3.49. The molecule has 0 N–H and O–H groups in total. The zero-order valence-corrected chi connectivity index (χ0v) is 18.3. The Kier molecular flexibility index (Phi) is 6.03. The molecule has 0 radical (unpaired) electrons. The van der Waals surface area contributed by atoms with Crippen LogP contribution in [0.2, 0.25) is 39.3 Å². The monoisotopic (exact) mass is 359 g/mol. The summed E-state index contributed by atoms with van der Waals surface area (Å²) in [6.45, 7) is 16.6. The number of hydrogen-bond donors (Lipinski definition) is 0. The van der Waals surface area contributed by atoms with Gasteiger partial charge in [-0.25, -0.2) is 4.76 Å². The lowest BCUT2D eigenvalue weighted by Crippen LogP contribution is -2.53. The Hall–Kier alpha value is -0.256. The molecule has 5 nitrogen and oxygen atoms in total. The summed E-state index contributed by atoms with van der Waals surface area (Å²) >= 11 is 0. The highest BCUT2D eigenvalue weighted by Gasteiger charge is 2.55. The van der Waals surface area contributed by atoms with E-state index in [-0.39, 0.29) is 0 Å². The van der Waals surface area contributed by atoms with E-state index in [1.54, 1.807) is 0 Å². The van der Waals surface area contributed by atoms with Crippen molar-refractivity contribution in [2.45, 2.75) is 56.9 Å². The molecule has 2 atom stereocenters. The Balaban J connectivity index is 3.31. The quantitative estimate of drug-likeness (QED) is 0.555. The van der Waals surface area contributed by atoms with Crippen molar-refractivity contribution in [3.8, 4) is 6.07 Å². The second kappa shape index (κ2) is 6.70. The van der Waals surface area contributed by atoms with Gasteiger partial charge in [-0.2, -0.15) is 5.26 Å². The molecule has 1 heterocycles. The van der Waals surface area contributed by atoms with Gasteiger partial charge in [0.15, 0.2) is 14.1 Å². The van der Waals surface area contributed by atoms with Crippen molar-refractivity contribution in [1.82, 2.24) is 4.90 Å². The molecule has 0 spiro atoms. The van der Waals surface area contributed by atoms with Gasteiger partial charge in [-0.1, -0.05) is 39.3 Å². The predicted octanol–water partition coefficient (Wildman–Crippen LogP) is 3.67. The van der Waals surface area contributed by atoms with Crippen LogP contribution in [0.5, 0.6) is 0 Å². The average molecular weight is 360 g/mol. The summed E-state index contributed by atoms with van der Waals surface area (Å²) in [6, 6.07) is 2.23. The fourth-order valence-electron chi connectivity index (χ4n) is 3.20. The summed E-state index contributed by atoms with van der Waals surface area (Å²) in [4.78, 5) is 2.34. The SMILES string of the molecule is CCOC1(C#N)OP(C([Si](C)(C)C)[Si](C)(C)C)N=C1N(C)C. The van der Waals surface area contributed by atoms with Crippen molar-refractivity contribution >= 4 is 30.3 Å². The van der Waals surface area contributed by atoms with Crippen LogP contribution in [0.15, 0.2) is 4.76 Å². The molecule has 0 amide bonds. The van der Waals surface area contributed by atoms with Crippen molar-refractivity contribution in [2.75, 3.05) is 20.7 Å². The molecule has 0 aromatic carbocycles. The molecule has 22 heavy (non-hydrogen) atoms. The summed E-state index contributed by atoms with van der Waals surface area (Å²) in [7, 11) is -0.203. The van der Waals surface area contributed by atoms with E-state index in [1.807, 2.05) is 25.9 Å². The maximum atomic E-state index is 9.70. The van der Waals surface area contributed by atoms with Gasteiger partial charge in [0.05, 0.1) is 16.1 Å². The van der Waals surface area contributed by atoms with Gasteiger partial charge < -0.3 is 9.64 Å². The fourth-order valence-corrected chi connectivity index (χ4v) is 20.8. The smallest absolute Gasteiger partial charge is 0.324 e. The second-order valence-corrected chi connectivity index (χ2v) is 21.7. The molecule has 0 saturated carbocycles. The molecule has 0 fully saturated rings. The van der Waals surface area contributed by atoms with Gasteiger partial charge in [0.2, 0.25) is 0 Å². The molecule has 0 bridgehead atoms. The zero-order chi connectivity index (χ0) is 17.3. The topological polar surface area (TPSA) is 57.9 Å². The molecule has 1 aliphatic heterocycles. The zero-order valence-electron chi connectivity index (χ0n) is 15.4. The lowest BCUT2D eigenvalue weighted by atomic mass is 10.2. The van der Waals surface area contributed by atoms with E-state index in [0.717, 1.165) is 0 Å². The first kappa shape index (κ1) is 19.8. The lowest BCUT2D eigenvalue weighted by Gasteiger charge is -2.40. The summed E-state index contributed by atoms with van der Waals surface area (Å²) in [6.07, 6.45) is 0. The molecule has 0 aliphatic carbocycles. The molecule has 0 saturated heterocycles. The van der Waals surface area contributed by atoms with Gasteiger partial charge in [-0.15, -0.1) is 0 Å². The third kappa shape index (κ3) is 3.98. The minimum Gasteiger partial charge on any atom is -0.361 e. The summed E-state index contributed by atoms with van der Waals surface area (Å²) in [5.74, 6) is -0.717. The maximum Gasteiger partial charge on any atom is 0.324 e. The number of likely N-dealkylation sites (N-methyl/N-ethyl adjacent to an activating group) is 1. The number of amidine groups is 1. The van der Waals surface area contributed by atoms with E-state index < -0.39 is 30.2 Å². The Morgan fingerprint density at radius 3 is 2.09 bits per heavy atom. The number of rotatable bonds is 5. The first-order valence-corrected chi connectivity index (χ1v) is 16.1. The maximum absolute atomic E-state index is 9.70. The molecular formula is C14H30N3O2PSi2. The molecule has 0 aromatic rings. The van der Waals surface area contributed by atoms with Gasteiger partial charge in [0.25, 0.3) is 0 Å². The fraction of sp³-hybridized carbons (Fsp3) is 0.857. The van der Waals surface area contributed by atoms with Crippen molar-refractivity contribution in [1.29, 1.82) is 5.26 Å². The van der Waals surface area contributed by atoms with Crippen LogP contribution in [0, 0.1) is 11.3 Å². The van der Waals surface area contributed by atoms with Gasteiger partial charge in [0, 0.05) is 25.6 Å². The first-order valence-electron chi connectivity index (χ1n) is 7.69. The average Bonchev–Trinajstić information content (AvgIpc) is 2.65. The predicted molar refractivity (Wildman–Crippen MR) is 99.6 cm³/mol. The Labute approximate surface area is 138 Å². The van der Waals surface area contributed by atoms with E-state index in [4.69, 9.17) is 14.0 Å². The van der Waals surface area contributed by atoms with Crippen LogP contribution >= 0.6 is 8.30 Å². The van der Waals surface area contributed by atoms with E-state index in [1.165, 1.54) is 0 Å². The molecular weight excluding hydrogens is 329 g/mol. The molecule has 126 valence electrons. The van der Waals surface area contributed by atoms with E-state index in [9.17, 15) is 5.26 Å². The lowest BCUT2D eigenvalue weighted by molar-refractivity contribution is -0.0783. The minimum absolute atomic E-state index is 0.425. The Morgan fingerprint density at radius 2 is 1.77 bits per heavy atom. The van der Waals surface area contributed by atoms with E-state index in [0.29, 0.717) is 17.3 Å². The standard InChI is InChI=1S/C14H30N3O2PSi2/c1-10-18-14(11-15)12(17(2)3)16-20(19-14)13(21(4,5)6)22(7,8)9/h13H,10H2,1-9H3. The van der Waals surface area contributed by atoms with Gasteiger partial charge >= 0.3 is 5.79 Å². The van der Waals surface area contributed by atoms with Crippen LogP contribution in [0.4, 0.5) is 0 Å². The van der Waals surface area contributed by atoms with Crippen molar-refractivity contribution in [2.24, 2.45) is 4.76 Å². The Bertz CT molecular complexity index is 466. The number of nitrogens with zero attached hydrogens (tertiary/aromatic N) is 3. The molecule has 8 heteroatoms. The molecule has 1 aliphatic rings. The second-order valence-electron chi connectivity index (χ2n) is 8.01. The summed E-state index contributed by atoms with van der Waals surface area (Å²) in [5.41, 5.74) is 0. The van der Waals surface area contributed by atoms with Crippen LogP contribution < -0.4 is 0 Å². The number of hydrogen-bond acceptors (Lipinski definition) is 5. The van der Waals surface area contributed by atoms with Crippen LogP contribution in [0.3, 0.4) is 0 Å². The van der Waals surface area contributed by atoms with E-state index >= 15 is 0 Å². The molecule has 1 rings (SSSR count). The third-order valence-corrected chi connectivity index (χ3v) is 19.2. The summed E-state index contributed by atoms with van der Waals surface area (Å²) in [5, 5.41) is 9.70. The van der Waals surface area contributed by atoms with Gasteiger partial charge in [0.1, 0.15) is 6.07 Å². The van der Waals surface area contributed by atoms with Gasteiger partial charge in [-0.3, -0.25) is 4.52 Å². The Morgan fingerprint density at radius 1 is 1.27 bits per heavy atom. The van der Waals surface area contributed by atoms with Crippen molar-refractivity contribution in [3.05, 3.63) is 0 Å². The highest BCUT2D eigenvalue weighted by Crippen LogP contribution is 2.58. The van der Waals surface area contributed by atoms with Crippen LogP contribution in [0.1, 0.15) is 6.92 Å². The summed E-state index contributed by atoms with van der Waals surface area (Å²) < 4.78 is 16.8. The van der Waals surface area contributed by atoms with Crippen molar-refractivity contribution in [3.63, 3.8) is 0 Å². The molecule has 0 aromatic heterocycles. The van der Waals surface area contributed by atoms with Crippen LogP contribution in [-0.2, 0) is 9.26 Å². The minimum atomic E-state index is -1.47. The molecule has 2 unspecified atom stereocenters. The first-order chi connectivity index (χ1) is 9.89. The number of ether oxygens (including phenoxy) is 1. The van der Waals surface area contributed by atoms with E-state index in [2.05, 4.69) is 45.4 Å². The van der Waals surface area contributed by atoms with Crippen molar-refractivity contribution < 1.29 is 9.26 Å².